The van der Waals surface area contributed by atoms with Crippen molar-refractivity contribution >= 4 is 29.0 Å². The molecule has 6 heteroatoms. The van der Waals surface area contributed by atoms with E-state index < -0.39 is 0 Å². The van der Waals surface area contributed by atoms with Crippen LogP contribution < -0.4 is 16.0 Å². The Morgan fingerprint density at radius 2 is 1.94 bits per heavy atom. The van der Waals surface area contributed by atoms with Crippen LogP contribution in [0.15, 0.2) is 36.4 Å². The molecule has 0 saturated heterocycles. The first-order valence-electron chi connectivity index (χ1n) is 5.20. The second-order valence-corrected chi connectivity index (χ2v) is 4.28. The molecule has 0 aliphatic carbocycles. The van der Waals surface area contributed by atoms with Gasteiger partial charge in [0.15, 0.2) is 0 Å². The standard InChI is InChI=1S/C12H11Cl2N3O/c13-9-4-2-5-10(12(9)14)18-7-8-3-1-6-11(16-8)17-15/h1-6H,7,15H2,(H,16,17). The summed E-state index contributed by atoms with van der Waals surface area (Å²) >= 11 is 11.9. The van der Waals surface area contributed by atoms with Crippen molar-refractivity contribution in [1.29, 1.82) is 0 Å². The van der Waals surface area contributed by atoms with Gasteiger partial charge in [-0.1, -0.05) is 35.3 Å². The molecule has 4 nitrogen and oxygen atoms in total. The van der Waals surface area contributed by atoms with E-state index in [1.165, 1.54) is 0 Å². The molecule has 2 rings (SSSR count). The number of hydrogen-bond donors (Lipinski definition) is 2. The number of aromatic nitrogens is 1. The quantitative estimate of drug-likeness (QED) is 0.668. The van der Waals surface area contributed by atoms with Crippen LogP contribution in [0.25, 0.3) is 0 Å². The van der Waals surface area contributed by atoms with Crippen LogP contribution in [0.1, 0.15) is 5.69 Å². The van der Waals surface area contributed by atoms with E-state index in [2.05, 4.69) is 10.4 Å². The normalized spacial score (nSPS) is 10.2. The number of rotatable bonds is 4. The Kier molecular flexibility index (Phi) is 4.25. The maximum Gasteiger partial charge on any atom is 0.140 e. The Hall–Kier alpha value is -1.49. The molecule has 0 aliphatic heterocycles. The number of nitrogens with one attached hydrogen (secondary N) is 1. The van der Waals surface area contributed by atoms with Crippen molar-refractivity contribution in [3.8, 4) is 5.75 Å². The van der Waals surface area contributed by atoms with E-state index >= 15 is 0 Å². The number of nitrogen functional groups attached to an aromatic ring is 1. The first kappa shape index (κ1) is 13.0. The van der Waals surface area contributed by atoms with Crippen LogP contribution in [0.2, 0.25) is 10.0 Å². The molecule has 0 saturated carbocycles. The highest BCUT2D eigenvalue weighted by molar-refractivity contribution is 6.42. The average molecular weight is 284 g/mol. The van der Waals surface area contributed by atoms with Crippen LogP contribution >= 0.6 is 23.2 Å². The fourth-order valence-corrected chi connectivity index (χ4v) is 1.73. The van der Waals surface area contributed by atoms with Crippen LogP contribution in [0.4, 0.5) is 5.82 Å². The third-order valence-electron chi connectivity index (χ3n) is 2.25. The van der Waals surface area contributed by atoms with Gasteiger partial charge in [0, 0.05) is 0 Å². The molecule has 18 heavy (non-hydrogen) atoms. The second-order valence-electron chi connectivity index (χ2n) is 3.50. The van der Waals surface area contributed by atoms with Crippen LogP contribution in [0.5, 0.6) is 5.75 Å². The maximum atomic E-state index is 6.01. The van der Waals surface area contributed by atoms with Gasteiger partial charge in [0.1, 0.15) is 23.2 Å². The lowest BCUT2D eigenvalue weighted by Crippen LogP contribution is -2.09. The summed E-state index contributed by atoms with van der Waals surface area (Å²) in [5, 5.41) is 0.853. The third kappa shape index (κ3) is 3.04. The summed E-state index contributed by atoms with van der Waals surface area (Å²) in [5.41, 5.74) is 3.21. The van der Waals surface area contributed by atoms with Gasteiger partial charge in [-0.2, -0.15) is 0 Å². The fraction of sp³-hybridized carbons (Fsp3) is 0.0833. The van der Waals surface area contributed by atoms with E-state index in [-0.39, 0.29) is 6.61 Å². The minimum Gasteiger partial charge on any atom is -0.486 e. The molecular weight excluding hydrogens is 273 g/mol. The van der Waals surface area contributed by atoms with Crippen molar-refractivity contribution in [3.05, 3.63) is 52.1 Å². The molecule has 0 spiro atoms. The molecule has 0 bridgehead atoms. The van der Waals surface area contributed by atoms with Gasteiger partial charge in [-0.15, -0.1) is 0 Å². The van der Waals surface area contributed by atoms with E-state index in [1.54, 1.807) is 24.3 Å². The highest BCUT2D eigenvalue weighted by atomic mass is 35.5. The van der Waals surface area contributed by atoms with Gasteiger partial charge < -0.3 is 10.2 Å². The number of hydrogen-bond acceptors (Lipinski definition) is 4. The van der Waals surface area contributed by atoms with Crippen molar-refractivity contribution in [1.82, 2.24) is 4.98 Å². The molecule has 1 aromatic carbocycles. The summed E-state index contributed by atoms with van der Waals surface area (Å²) in [5.74, 6) is 6.38. The Labute approximate surface area is 115 Å². The Morgan fingerprint density at radius 1 is 1.17 bits per heavy atom. The van der Waals surface area contributed by atoms with Crippen molar-refractivity contribution in [2.75, 3.05) is 5.43 Å². The van der Waals surface area contributed by atoms with Gasteiger partial charge >= 0.3 is 0 Å². The van der Waals surface area contributed by atoms with Gasteiger partial charge in [-0.3, -0.25) is 0 Å². The topological polar surface area (TPSA) is 60.2 Å². The molecule has 94 valence electrons. The van der Waals surface area contributed by atoms with Crippen LogP contribution in [0, 0.1) is 0 Å². The number of hydrazine groups is 1. The number of halogens is 2. The predicted molar refractivity (Wildman–Crippen MR) is 72.8 cm³/mol. The van der Waals surface area contributed by atoms with E-state index in [1.807, 2.05) is 12.1 Å². The number of anilines is 1. The van der Waals surface area contributed by atoms with Crippen molar-refractivity contribution in [3.63, 3.8) is 0 Å². The van der Waals surface area contributed by atoms with E-state index in [0.29, 0.717) is 21.6 Å². The van der Waals surface area contributed by atoms with Crippen LogP contribution in [-0.2, 0) is 6.61 Å². The number of ether oxygens (including phenoxy) is 1. The minimum atomic E-state index is 0.287. The average Bonchev–Trinajstić information content (AvgIpc) is 2.41. The molecule has 0 unspecified atom stereocenters. The first-order chi connectivity index (χ1) is 8.70. The lowest BCUT2D eigenvalue weighted by Gasteiger charge is -2.09. The predicted octanol–water partition coefficient (Wildman–Crippen LogP) is 3.25. The summed E-state index contributed by atoms with van der Waals surface area (Å²) < 4.78 is 5.56. The zero-order valence-electron chi connectivity index (χ0n) is 9.36. The Morgan fingerprint density at radius 3 is 2.72 bits per heavy atom. The minimum absolute atomic E-state index is 0.287. The lowest BCUT2D eigenvalue weighted by molar-refractivity contribution is 0.301. The molecule has 3 N–H and O–H groups in total. The van der Waals surface area contributed by atoms with Crippen molar-refractivity contribution in [2.45, 2.75) is 6.61 Å². The number of nitrogens with zero attached hydrogens (tertiary/aromatic N) is 1. The summed E-state index contributed by atoms with van der Waals surface area (Å²) in [4.78, 5) is 4.22. The number of pyridine rings is 1. The Balaban J connectivity index is 2.09. The van der Waals surface area contributed by atoms with Gasteiger partial charge in [0.05, 0.1) is 10.7 Å². The molecule has 0 aliphatic rings. The lowest BCUT2D eigenvalue weighted by atomic mass is 10.3. The molecule has 0 radical (unpaired) electrons. The molecular formula is C12H11Cl2N3O. The molecule has 0 atom stereocenters. The zero-order valence-corrected chi connectivity index (χ0v) is 10.9. The highest BCUT2D eigenvalue weighted by Gasteiger charge is 2.06. The van der Waals surface area contributed by atoms with E-state index in [0.717, 1.165) is 5.69 Å². The second kappa shape index (κ2) is 5.91. The van der Waals surface area contributed by atoms with Crippen LogP contribution in [-0.4, -0.2) is 4.98 Å². The molecule has 0 fully saturated rings. The van der Waals surface area contributed by atoms with Crippen molar-refractivity contribution in [2.24, 2.45) is 5.84 Å². The molecule has 1 aromatic heterocycles. The smallest absolute Gasteiger partial charge is 0.140 e. The van der Waals surface area contributed by atoms with Crippen molar-refractivity contribution < 1.29 is 4.74 Å². The first-order valence-corrected chi connectivity index (χ1v) is 5.95. The SMILES string of the molecule is NNc1cccc(COc2cccc(Cl)c2Cl)n1. The summed E-state index contributed by atoms with van der Waals surface area (Å²) in [7, 11) is 0. The maximum absolute atomic E-state index is 6.01. The number of nitrogens with two attached hydrogens (primary N) is 1. The van der Waals surface area contributed by atoms with Gasteiger partial charge in [0.2, 0.25) is 0 Å². The van der Waals surface area contributed by atoms with Crippen LogP contribution in [0.3, 0.4) is 0 Å². The third-order valence-corrected chi connectivity index (χ3v) is 3.05. The largest absolute Gasteiger partial charge is 0.486 e. The molecule has 1 heterocycles. The zero-order chi connectivity index (χ0) is 13.0. The molecule has 0 amide bonds. The summed E-state index contributed by atoms with van der Waals surface area (Å²) in [6.07, 6.45) is 0. The monoisotopic (exact) mass is 283 g/mol. The number of benzene rings is 1. The fourth-order valence-electron chi connectivity index (χ4n) is 1.39. The van der Waals surface area contributed by atoms with Gasteiger partial charge in [0.25, 0.3) is 0 Å². The van der Waals surface area contributed by atoms with Gasteiger partial charge in [-0.25, -0.2) is 10.8 Å². The molecule has 2 aromatic rings. The Bertz CT molecular complexity index is 549. The van der Waals surface area contributed by atoms with E-state index in [9.17, 15) is 0 Å². The van der Waals surface area contributed by atoms with E-state index in [4.69, 9.17) is 33.8 Å². The summed E-state index contributed by atoms with van der Waals surface area (Å²) in [6.45, 7) is 0.287. The summed E-state index contributed by atoms with van der Waals surface area (Å²) in [6, 6.07) is 10.7. The van der Waals surface area contributed by atoms with Gasteiger partial charge in [-0.05, 0) is 24.3 Å². The highest BCUT2D eigenvalue weighted by Crippen LogP contribution is 2.31.